The van der Waals surface area contributed by atoms with E-state index in [0.29, 0.717) is 90.7 Å². The van der Waals surface area contributed by atoms with Crippen LogP contribution in [0.5, 0.6) is 17.2 Å². The highest BCUT2D eigenvalue weighted by molar-refractivity contribution is 6.30. The topological polar surface area (TPSA) is 458 Å². The number of amides is 1. The van der Waals surface area contributed by atoms with Crippen molar-refractivity contribution in [2.45, 2.75) is 19.5 Å². The van der Waals surface area contributed by atoms with Crippen molar-refractivity contribution in [2.75, 3.05) is 59.7 Å². The largest absolute Gasteiger partial charge is 0.573 e. The van der Waals surface area contributed by atoms with E-state index < -0.39 is 18.1 Å². The summed E-state index contributed by atoms with van der Waals surface area (Å²) in [5.74, 6) is 3.43. The van der Waals surface area contributed by atoms with Gasteiger partial charge < -0.3 is 59.7 Å². The second-order valence-corrected chi connectivity index (χ2v) is 30.2. The van der Waals surface area contributed by atoms with Crippen molar-refractivity contribution in [1.82, 2.24) is 84.7 Å². The van der Waals surface area contributed by atoms with Crippen molar-refractivity contribution >= 4 is 141 Å². The SMILES string of the molecule is CC(=O)Nc1ccc(-c2ccc3ncnc(N)c3c2)cc1.COc1ccc(-c2ccc3ncnc(N)c3c2)cc1OC.Nc1ncnc2ccc(-c3ccc(Cl)cc3)cc12.Nc1ncnc2ccc(-c3ccc(F)cc3)cc12.Nc1ncnc2ccc(-c3cccc(C(F)(F)F)c3)nc12.Nc1ncnc2ccc(-c3cccc(OC(F)(F)F)c3)nc12.Nc1ncnc2ccc(-c3ccccc3)nc12. The Bertz CT molecular complexity index is 7850. The van der Waals surface area contributed by atoms with Gasteiger partial charge >= 0.3 is 12.5 Å². The molecule has 10 heterocycles. The lowest BCUT2D eigenvalue weighted by atomic mass is 10.0. The molecule has 37 heteroatoms. The molecule has 21 rings (SSSR count). The van der Waals surface area contributed by atoms with E-state index in [1.165, 1.54) is 87.6 Å². The second-order valence-electron chi connectivity index (χ2n) is 29.8. The van der Waals surface area contributed by atoms with Gasteiger partial charge in [0.25, 0.3) is 0 Å². The number of benzene rings is 11. The van der Waals surface area contributed by atoms with Crippen molar-refractivity contribution in [3.05, 3.63) is 340 Å². The molecule has 0 aliphatic rings. The van der Waals surface area contributed by atoms with E-state index in [1.807, 2.05) is 182 Å². The minimum atomic E-state index is -4.74. The van der Waals surface area contributed by atoms with Crippen molar-refractivity contribution in [1.29, 1.82) is 0 Å². The average Bonchev–Trinajstić information content (AvgIpc) is 0.749. The number of hydrogen-bond donors (Lipinski definition) is 8. The van der Waals surface area contributed by atoms with Crippen molar-refractivity contribution < 1.29 is 49.7 Å². The fourth-order valence-electron chi connectivity index (χ4n) is 13.9. The van der Waals surface area contributed by atoms with Crippen LogP contribution in [-0.2, 0) is 11.0 Å². The van der Waals surface area contributed by atoms with Crippen LogP contribution in [0.25, 0.3) is 155 Å². The Morgan fingerprint density at radius 1 is 0.312 bits per heavy atom. The second kappa shape index (κ2) is 42.4. The molecule has 0 spiro atoms. The molecule has 0 saturated carbocycles. The molecule has 0 aliphatic carbocycles. The van der Waals surface area contributed by atoms with Crippen LogP contribution in [-0.4, -0.2) is 111 Å². The zero-order valence-corrected chi connectivity index (χ0v) is 73.7. The molecular weight excluding hydrogens is 1800 g/mol. The summed E-state index contributed by atoms with van der Waals surface area (Å²) in [5.41, 5.74) is 59.0. The van der Waals surface area contributed by atoms with E-state index in [2.05, 4.69) is 94.8 Å². The summed E-state index contributed by atoms with van der Waals surface area (Å²) in [6.07, 6.45) is 0.770. The first-order chi connectivity index (χ1) is 66.5. The maximum Gasteiger partial charge on any atom is 0.573 e. The van der Waals surface area contributed by atoms with Gasteiger partial charge in [-0.3, -0.25) is 4.79 Å². The highest BCUT2D eigenvalue weighted by atomic mass is 35.5. The fourth-order valence-corrected chi connectivity index (χ4v) is 14.1. The van der Waals surface area contributed by atoms with Crippen LogP contribution in [0, 0.1) is 5.82 Å². The Hall–Kier alpha value is -18.5. The number of rotatable bonds is 11. The Balaban J connectivity index is 0.000000122. The molecule has 0 bridgehead atoms. The predicted octanol–water partition coefficient (Wildman–Crippen LogP) is 21.0. The molecule has 1 amide bonds. The Kier molecular flexibility index (Phi) is 28.9. The normalized spacial score (nSPS) is 10.9. The van der Waals surface area contributed by atoms with Crippen molar-refractivity contribution in [2.24, 2.45) is 0 Å². The summed E-state index contributed by atoms with van der Waals surface area (Å²) in [7, 11) is 3.24. The third-order valence-corrected chi connectivity index (χ3v) is 21.0. The monoisotopic (exact) mass is 1870 g/mol. The summed E-state index contributed by atoms with van der Waals surface area (Å²) < 4.78 is 102. The molecule has 0 unspecified atom stereocenters. The number of hydrogen-bond acceptors (Lipinski definition) is 28. The molecule has 138 heavy (non-hydrogen) atoms. The zero-order chi connectivity index (χ0) is 97.2. The molecule has 0 radical (unpaired) electrons. The molecule has 0 saturated heterocycles. The molecule has 10 aromatic heterocycles. The number of aromatic nitrogens is 17. The number of anilines is 8. The third-order valence-electron chi connectivity index (χ3n) is 20.7. The fraction of sp³-hybridized carbons (Fsp3) is 0.0495. The van der Waals surface area contributed by atoms with Gasteiger partial charge in [-0.05, 0) is 202 Å². The molecule has 11 aromatic carbocycles. The first-order valence-corrected chi connectivity index (χ1v) is 41.8. The summed E-state index contributed by atoms with van der Waals surface area (Å²) in [6, 6.07) is 81.8. The lowest BCUT2D eigenvalue weighted by molar-refractivity contribution is -0.274. The van der Waals surface area contributed by atoms with E-state index in [1.54, 1.807) is 62.8 Å². The number of alkyl halides is 6. The first-order valence-electron chi connectivity index (χ1n) is 41.4. The maximum atomic E-state index is 12.9. The highest BCUT2D eigenvalue weighted by Crippen LogP contribution is 2.38. The van der Waals surface area contributed by atoms with Gasteiger partial charge in [0.15, 0.2) is 29.0 Å². The number of carbonyl (C=O) groups excluding carboxylic acids is 1. The van der Waals surface area contributed by atoms with Crippen molar-refractivity contribution in [3.63, 3.8) is 0 Å². The standard InChI is InChI=1S/C16H14N4O.C16H15N3O2.C14H10ClN3.C14H9F3N4O.C14H9F3N4.C14H10FN3.C13H10N4/c1-10(21)20-13-5-2-11(3-6-13)12-4-7-15-14(8-12)16(17)19-9-18-15;1-20-14-6-4-11(8-15(14)21-2)10-3-5-13-12(7-10)16(17)19-9-18-13;15-11-4-1-9(2-5-11)10-3-6-13-12(7-10)14(16)18-8-17-13;15-14(16,17)22-9-3-1-2-8(6-9)10-4-5-11-12(21-10)13(18)20-7-19-11;15-14(16,17)9-3-1-2-8(6-9)10-4-5-11-12(21-10)13(18)20-7-19-11;15-11-4-1-9(2-5-11)10-3-6-13-12(7-10)14(16)18-8-17-13;14-13-12-11(15-8-16-13)7-6-10(17-12)9-4-2-1-3-5-9/h2-9H,1H3,(H,20,21)(H2,17,18,19);3-9H,1-2H3,(H2,17,18,19);1-8H,(H2,16,17,18);1-7H,(H2,18,19,20);1-7H,(H2,18,19,20);1-8H,(H2,16,17,18);1-8H,(H2,14,15,16). The molecule has 29 nitrogen and oxygen atoms in total. The molecule has 0 aliphatic heterocycles. The number of carbonyl (C=O) groups is 1. The first kappa shape index (κ1) is 94.2. The molecule has 15 N–H and O–H groups in total. The van der Waals surface area contributed by atoms with Crippen LogP contribution in [0.3, 0.4) is 0 Å². The Morgan fingerprint density at radius 2 is 0.638 bits per heavy atom. The number of nitrogen functional groups attached to an aromatic ring is 7. The van der Waals surface area contributed by atoms with E-state index in [4.69, 9.17) is 61.2 Å². The minimum absolute atomic E-state index is 0.0848. The molecular formula is C101H77ClF7N25O4. The Morgan fingerprint density at radius 3 is 1.03 bits per heavy atom. The van der Waals surface area contributed by atoms with E-state index >= 15 is 0 Å². The predicted molar refractivity (Wildman–Crippen MR) is 523 cm³/mol. The number of ether oxygens (including phenoxy) is 3. The Labute approximate surface area is 785 Å². The van der Waals surface area contributed by atoms with Gasteiger partial charge in [0.2, 0.25) is 5.91 Å². The van der Waals surface area contributed by atoms with E-state index in [0.717, 1.165) is 128 Å². The summed E-state index contributed by atoms with van der Waals surface area (Å²) in [5, 5.41) is 6.81. The van der Waals surface area contributed by atoms with Crippen LogP contribution in [0.1, 0.15) is 12.5 Å². The quantitative estimate of drug-likeness (QED) is 0.0558. The summed E-state index contributed by atoms with van der Waals surface area (Å²) in [4.78, 5) is 80.5. The van der Waals surface area contributed by atoms with E-state index in [-0.39, 0.29) is 29.1 Å². The molecule has 686 valence electrons. The maximum absolute atomic E-state index is 12.9. The van der Waals surface area contributed by atoms with Gasteiger partial charge in [-0.15, -0.1) is 13.2 Å². The third kappa shape index (κ3) is 23.5. The van der Waals surface area contributed by atoms with Crippen LogP contribution in [0.2, 0.25) is 5.02 Å². The summed E-state index contributed by atoms with van der Waals surface area (Å²) >= 11 is 5.88. The van der Waals surface area contributed by atoms with Gasteiger partial charge in [-0.2, -0.15) is 13.2 Å². The smallest absolute Gasteiger partial charge is 0.493 e. The zero-order valence-electron chi connectivity index (χ0n) is 72.9. The number of nitrogens with two attached hydrogens (primary N) is 7. The van der Waals surface area contributed by atoms with Crippen LogP contribution >= 0.6 is 11.6 Å². The van der Waals surface area contributed by atoms with Gasteiger partial charge in [0, 0.05) is 55.9 Å². The molecule has 0 fully saturated rings. The lowest BCUT2D eigenvalue weighted by Gasteiger charge is -2.10. The number of methoxy groups -OCH3 is 2. The molecule has 0 atom stereocenters. The van der Waals surface area contributed by atoms with E-state index in [9.17, 15) is 35.5 Å². The number of halogens is 8. The molecule has 21 aromatic rings. The number of fused-ring (bicyclic) bond motifs is 7. The number of pyridine rings is 3. The van der Waals surface area contributed by atoms with Crippen molar-refractivity contribution in [3.8, 4) is 95.5 Å². The number of nitrogens with zero attached hydrogens (tertiary/aromatic N) is 17. The van der Waals surface area contributed by atoms with Crippen LogP contribution < -0.4 is 59.7 Å². The van der Waals surface area contributed by atoms with Gasteiger partial charge in [0.05, 0.1) is 75.5 Å². The van der Waals surface area contributed by atoms with Gasteiger partial charge in [-0.25, -0.2) is 89.1 Å². The lowest BCUT2D eigenvalue weighted by Crippen LogP contribution is -2.17. The summed E-state index contributed by atoms with van der Waals surface area (Å²) in [6.45, 7) is 1.49. The van der Waals surface area contributed by atoms with Crippen LogP contribution in [0.15, 0.2) is 323 Å². The average molecular weight is 1870 g/mol. The van der Waals surface area contributed by atoms with Crippen LogP contribution in [0.4, 0.5) is 77.1 Å². The van der Waals surface area contributed by atoms with Gasteiger partial charge in [-0.1, -0.05) is 133 Å². The van der Waals surface area contributed by atoms with Gasteiger partial charge in [0.1, 0.15) is 95.7 Å². The highest BCUT2D eigenvalue weighted by Gasteiger charge is 2.32. The minimum Gasteiger partial charge on any atom is -0.493 e. The number of nitrogens with one attached hydrogen (secondary N) is 1.